The van der Waals surface area contributed by atoms with Gasteiger partial charge in [0.2, 0.25) is 0 Å². The molecule has 0 fully saturated rings. The summed E-state index contributed by atoms with van der Waals surface area (Å²) >= 11 is 1.61. The topological polar surface area (TPSA) is 25.8 Å². The van der Waals surface area contributed by atoms with Crippen LogP contribution in [0.4, 0.5) is 0 Å². The van der Waals surface area contributed by atoms with E-state index in [0.717, 1.165) is 53.8 Å². The Morgan fingerprint density at radius 2 is 1.60 bits per heavy atom. The van der Waals surface area contributed by atoms with Crippen molar-refractivity contribution in [1.29, 1.82) is 0 Å². The van der Waals surface area contributed by atoms with Gasteiger partial charge in [-0.25, -0.2) is 0 Å². The van der Waals surface area contributed by atoms with Crippen molar-refractivity contribution in [2.45, 2.75) is 39.3 Å². The van der Waals surface area contributed by atoms with Crippen LogP contribution in [0.5, 0.6) is 0 Å². The fraction of sp³-hybridized carbons (Fsp3) is 0.150. The van der Waals surface area contributed by atoms with Gasteiger partial charge in [0.05, 0.1) is 8.07 Å². The number of hydrogen-bond acceptors (Lipinski definition) is 3. The Morgan fingerprint density at radius 3 is 2.31 bits per heavy atom. The van der Waals surface area contributed by atoms with Crippen LogP contribution in [-0.2, 0) is 20.1 Å². The molecule has 0 aliphatic heterocycles. The van der Waals surface area contributed by atoms with Crippen LogP contribution in [0.1, 0.15) is 35.0 Å². The quantitative estimate of drug-likeness (QED) is 0.128. The van der Waals surface area contributed by atoms with Crippen molar-refractivity contribution >= 4 is 44.8 Å². The molecule has 0 aliphatic rings. The summed E-state index contributed by atoms with van der Waals surface area (Å²) in [7, 11) is -1.42. The van der Waals surface area contributed by atoms with Crippen molar-refractivity contribution in [3.8, 4) is 22.5 Å². The van der Waals surface area contributed by atoms with Gasteiger partial charge in [-0.1, -0.05) is 106 Å². The number of pyridine rings is 2. The first kappa shape index (κ1) is 27.6. The minimum Gasteiger partial charge on any atom is -0.305 e. The van der Waals surface area contributed by atoms with Crippen molar-refractivity contribution in [2.75, 3.05) is 0 Å². The Morgan fingerprint density at radius 1 is 0.822 bits per heavy atom. The van der Waals surface area contributed by atoms with E-state index in [1.54, 1.807) is 23.6 Å². The van der Waals surface area contributed by atoms with Crippen molar-refractivity contribution in [1.82, 2.24) is 9.97 Å². The predicted octanol–water partition coefficient (Wildman–Crippen LogP) is 10.5. The Labute approximate surface area is 291 Å². The normalized spacial score (nSPS) is 14.1. The second-order valence-electron chi connectivity index (χ2n) is 11.8. The molecule has 0 aliphatic carbocycles. The zero-order valence-corrected chi connectivity index (χ0v) is 29.9. The van der Waals surface area contributed by atoms with E-state index < -0.39 is 20.8 Å². The molecule has 45 heavy (non-hydrogen) atoms. The maximum absolute atomic E-state index is 8.73. The smallest absolute Gasteiger partial charge is 0.0795 e. The third-order valence-corrected chi connectivity index (χ3v) is 10.9. The third-order valence-electron chi connectivity index (χ3n) is 7.72. The first-order valence-electron chi connectivity index (χ1n) is 16.7. The standard InChI is InChI=1S/C21H20NSSi.C19H16N.Ir/c1-14-9-11-16(18-12-10-15(13-22-18)24(2,3)4)21-20(14)17-7-5-6-8-19(17)23-21;1-15(16-8-4-2-5-9-16)18-12-13-20-19(14-18)17-10-6-3-7-11-17;/h5-10,12-13H,1-4H3;2-10,12-15H,1H3;/q2*-1;/i1D3;15D;. The summed E-state index contributed by atoms with van der Waals surface area (Å²) in [6, 6.07) is 41.7. The van der Waals surface area contributed by atoms with E-state index >= 15 is 0 Å². The number of fused-ring (bicyclic) bond motifs is 3. The average molecular weight is 801 g/mol. The zero-order valence-electron chi connectivity index (χ0n) is 29.7. The fourth-order valence-corrected chi connectivity index (χ4v) is 7.43. The van der Waals surface area contributed by atoms with Crippen molar-refractivity contribution in [2.24, 2.45) is 0 Å². The third kappa shape index (κ3) is 7.24. The van der Waals surface area contributed by atoms with Crippen LogP contribution in [-0.4, -0.2) is 18.0 Å². The van der Waals surface area contributed by atoms with E-state index in [1.165, 1.54) is 5.19 Å². The van der Waals surface area contributed by atoms with Gasteiger partial charge in [0.1, 0.15) is 0 Å². The van der Waals surface area contributed by atoms with Crippen molar-refractivity contribution in [3.63, 3.8) is 0 Å². The molecule has 0 amide bonds. The molecular weight excluding hydrogens is 761 g/mol. The summed E-state index contributed by atoms with van der Waals surface area (Å²) < 4.78 is 34.6. The molecule has 0 spiro atoms. The van der Waals surface area contributed by atoms with Gasteiger partial charge in [-0.2, -0.15) is 11.3 Å². The van der Waals surface area contributed by atoms with E-state index in [4.69, 9.17) is 10.5 Å². The summed E-state index contributed by atoms with van der Waals surface area (Å²) in [5, 5.41) is 3.09. The van der Waals surface area contributed by atoms with Crippen molar-refractivity contribution in [3.05, 3.63) is 150 Å². The van der Waals surface area contributed by atoms with Crippen molar-refractivity contribution < 1.29 is 25.6 Å². The molecule has 5 heteroatoms. The van der Waals surface area contributed by atoms with Gasteiger partial charge in [0, 0.05) is 48.6 Å². The number of rotatable bonds is 5. The van der Waals surface area contributed by atoms with Crippen LogP contribution in [0.2, 0.25) is 19.6 Å². The van der Waals surface area contributed by atoms with E-state index in [0.29, 0.717) is 5.56 Å². The molecule has 7 aromatic rings. The van der Waals surface area contributed by atoms with Gasteiger partial charge in [-0.3, -0.25) is 0 Å². The van der Waals surface area contributed by atoms with Gasteiger partial charge in [-0.05, 0) is 49.9 Å². The molecule has 1 unspecified atom stereocenters. The number of hydrogen-bond donors (Lipinski definition) is 0. The molecule has 4 aromatic carbocycles. The first-order valence-corrected chi connectivity index (χ1v) is 19.0. The molecule has 1 radical (unpaired) electrons. The largest absolute Gasteiger partial charge is 0.305 e. The molecular formula is C40H36IrN2SSi-2. The molecule has 0 bridgehead atoms. The number of nitrogens with zero attached hydrogens (tertiary/aromatic N) is 2. The van der Waals surface area contributed by atoms with Crippen LogP contribution in [0.3, 0.4) is 0 Å². The molecule has 7 rings (SSSR count). The van der Waals surface area contributed by atoms with Gasteiger partial charge >= 0.3 is 0 Å². The summed E-state index contributed by atoms with van der Waals surface area (Å²) in [6.07, 6.45) is 3.73. The van der Waals surface area contributed by atoms with E-state index in [-0.39, 0.29) is 20.1 Å². The van der Waals surface area contributed by atoms with Crippen LogP contribution in [0, 0.1) is 19.0 Å². The van der Waals surface area contributed by atoms with Crippen LogP contribution in [0.25, 0.3) is 42.7 Å². The first-order chi connectivity index (χ1) is 22.8. The van der Waals surface area contributed by atoms with Crippen LogP contribution < -0.4 is 5.19 Å². The predicted molar refractivity (Wildman–Crippen MR) is 192 cm³/mol. The number of thiophene rings is 1. The maximum Gasteiger partial charge on any atom is 0.0795 e. The summed E-state index contributed by atoms with van der Waals surface area (Å²) in [6.45, 7) is 6.63. The summed E-state index contributed by atoms with van der Waals surface area (Å²) in [5.74, 6) is -0.798. The number of benzene rings is 4. The Kier molecular flexibility index (Phi) is 8.66. The van der Waals surface area contributed by atoms with Crippen LogP contribution >= 0.6 is 11.3 Å². The number of aryl methyl sites for hydroxylation is 1. The second-order valence-corrected chi connectivity index (χ2v) is 17.9. The van der Waals surface area contributed by atoms with E-state index in [2.05, 4.69) is 42.8 Å². The van der Waals surface area contributed by atoms with Gasteiger partial charge in [0.15, 0.2) is 0 Å². The van der Waals surface area contributed by atoms with Gasteiger partial charge in [0.25, 0.3) is 0 Å². The summed E-state index contributed by atoms with van der Waals surface area (Å²) in [4.78, 5) is 9.10. The monoisotopic (exact) mass is 801 g/mol. The summed E-state index contributed by atoms with van der Waals surface area (Å²) in [5.41, 5.74) is 5.77. The molecule has 2 nitrogen and oxygen atoms in total. The molecule has 3 heterocycles. The van der Waals surface area contributed by atoms with E-state index in [9.17, 15) is 0 Å². The Balaban J connectivity index is 0.000000193. The molecule has 227 valence electrons. The second kappa shape index (κ2) is 14.1. The molecule has 0 saturated carbocycles. The van der Waals surface area contributed by atoms with Gasteiger partial charge < -0.3 is 9.97 Å². The Hall–Kier alpha value is -3.73. The maximum atomic E-state index is 8.73. The molecule has 1 atom stereocenters. The molecule has 0 N–H and O–H groups in total. The minimum absolute atomic E-state index is 0. The van der Waals surface area contributed by atoms with Crippen LogP contribution in [0.15, 0.2) is 122 Å². The number of aromatic nitrogens is 2. The SMILES string of the molecule is [2H]C(C)(c1ccccc1)c1ccnc(-c2[c-]cccc2)c1.[2H]C([2H])([2H])c1c[c-]c(-c2ccc([Si](C)(C)C)cn2)c2sc3ccccc3c12.[Ir]. The van der Waals surface area contributed by atoms with Gasteiger partial charge in [-0.15, -0.1) is 59.2 Å². The fourth-order valence-electron chi connectivity index (χ4n) is 5.17. The molecule has 3 aromatic heterocycles. The Bertz CT molecular complexity index is 2180. The molecule has 0 saturated heterocycles. The minimum atomic E-state index is -2.17. The van der Waals surface area contributed by atoms with E-state index in [1.807, 2.05) is 110 Å². The zero-order chi connectivity index (χ0) is 34.1. The average Bonchev–Trinajstić information content (AvgIpc) is 3.48.